The van der Waals surface area contributed by atoms with Gasteiger partial charge in [0.1, 0.15) is 5.82 Å². The minimum Gasteiger partial charge on any atom is -0.479 e. The van der Waals surface area contributed by atoms with Crippen LogP contribution < -0.4 is 0 Å². The molecule has 0 fully saturated rings. The third kappa shape index (κ3) is 2.49. The van der Waals surface area contributed by atoms with Crippen molar-refractivity contribution in [3.63, 3.8) is 0 Å². The molecule has 1 aromatic carbocycles. The van der Waals surface area contributed by atoms with Gasteiger partial charge in [0.15, 0.2) is 11.4 Å². The number of rotatable bonds is 5. The van der Waals surface area contributed by atoms with Gasteiger partial charge in [-0.25, -0.2) is 13.9 Å². The van der Waals surface area contributed by atoms with Crippen molar-refractivity contribution >= 4 is 17.6 Å². The van der Waals surface area contributed by atoms with E-state index in [2.05, 4.69) is 15.5 Å². The lowest BCUT2D eigenvalue weighted by Gasteiger charge is -2.27. The molecule has 112 valence electrons. The van der Waals surface area contributed by atoms with Crippen LogP contribution in [0, 0.1) is 5.82 Å². The highest BCUT2D eigenvalue weighted by Crippen LogP contribution is 2.31. The number of halogens is 2. The van der Waals surface area contributed by atoms with Crippen LogP contribution in [0.3, 0.4) is 0 Å². The first-order valence-electron chi connectivity index (χ1n) is 6.44. The van der Waals surface area contributed by atoms with E-state index in [4.69, 9.17) is 11.6 Å². The van der Waals surface area contributed by atoms with Crippen LogP contribution in [-0.4, -0.2) is 31.3 Å². The maximum atomic E-state index is 14.0. The molecule has 0 radical (unpaired) electrons. The predicted molar refractivity (Wildman–Crippen MR) is 74.4 cm³/mol. The second kappa shape index (κ2) is 5.77. The zero-order chi connectivity index (χ0) is 15.6. The maximum Gasteiger partial charge on any atom is 0.331 e. The molecule has 0 aliphatic rings. The normalized spacial score (nSPS) is 11.6. The van der Waals surface area contributed by atoms with E-state index in [1.807, 2.05) is 0 Å². The second-order valence-corrected chi connectivity index (χ2v) is 5.02. The Labute approximate surface area is 125 Å². The number of benzene rings is 1. The Bertz CT molecular complexity index is 670. The SMILES string of the molecule is CCC(CC)(C(=O)O)n1nnnc1-c1cc(Cl)ccc1F. The van der Waals surface area contributed by atoms with Crippen LogP contribution in [0.25, 0.3) is 11.4 Å². The molecule has 2 aromatic rings. The number of carboxylic acid groups (broad SMARTS) is 1. The number of nitrogens with zero attached hydrogens (tertiary/aromatic N) is 4. The summed E-state index contributed by atoms with van der Waals surface area (Å²) in [6.45, 7) is 3.44. The van der Waals surface area contributed by atoms with E-state index in [9.17, 15) is 14.3 Å². The van der Waals surface area contributed by atoms with E-state index >= 15 is 0 Å². The molecule has 1 aromatic heterocycles. The summed E-state index contributed by atoms with van der Waals surface area (Å²) in [5.41, 5.74) is -1.26. The molecule has 21 heavy (non-hydrogen) atoms. The highest BCUT2D eigenvalue weighted by atomic mass is 35.5. The number of aromatic nitrogens is 4. The summed E-state index contributed by atoms with van der Waals surface area (Å²) in [6, 6.07) is 3.96. The van der Waals surface area contributed by atoms with E-state index in [-0.39, 0.29) is 24.2 Å². The van der Waals surface area contributed by atoms with E-state index in [1.165, 1.54) is 18.2 Å². The minimum atomic E-state index is -1.33. The van der Waals surface area contributed by atoms with Gasteiger partial charge in [-0.05, 0) is 41.5 Å². The summed E-state index contributed by atoms with van der Waals surface area (Å²) in [5, 5.41) is 20.9. The van der Waals surface area contributed by atoms with Crippen LogP contribution in [-0.2, 0) is 10.3 Å². The van der Waals surface area contributed by atoms with Gasteiger partial charge >= 0.3 is 5.97 Å². The smallest absolute Gasteiger partial charge is 0.331 e. The third-order valence-corrected chi connectivity index (χ3v) is 3.85. The molecule has 0 saturated heterocycles. The lowest BCUT2D eigenvalue weighted by Crippen LogP contribution is -2.42. The van der Waals surface area contributed by atoms with Crippen molar-refractivity contribution in [1.29, 1.82) is 0 Å². The molecule has 0 spiro atoms. The molecular weight excluding hydrogens is 299 g/mol. The maximum absolute atomic E-state index is 14.0. The molecule has 0 aliphatic heterocycles. The number of carbonyl (C=O) groups is 1. The number of hydrogen-bond donors (Lipinski definition) is 1. The Morgan fingerprint density at radius 1 is 1.43 bits per heavy atom. The summed E-state index contributed by atoms with van der Waals surface area (Å²) in [6.07, 6.45) is 0.526. The molecule has 1 N–H and O–H groups in total. The highest BCUT2D eigenvalue weighted by Gasteiger charge is 2.40. The summed E-state index contributed by atoms with van der Waals surface area (Å²) in [7, 11) is 0. The van der Waals surface area contributed by atoms with E-state index in [0.29, 0.717) is 5.02 Å². The van der Waals surface area contributed by atoms with E-state index in [0.717, 1.165) is 4.68 Å². The lowest BCUT2D eigenvalue weighted by atomic mass is 9.92. The van der Waals surface area contributed by atoms with Crippen molar-refractivity contribution in [2.75, 3.05) is 0 Å². The molecule has 0 unspecified atom stereocenters. The van der Waals surface area contributed by atoms with Crippen molar-refractivity contribution in [3.05, 3.63) is 29.0 Å². The van der Waals surface area contributed by atoms with Gasteiger partial charge in [-0.3, -0.25) is 0 Å². The zero-order valence-corrected chi connectivity index (χ0v) is 12.3. The summed E-state index contributed by atoms with van der Waals surface area (Å²) >= 11 is 5.87. The molecule has 0 aliphatic carbocycles. The van der Waals surface area contributed by atoms with Gasteiger partial charge in [0.05, 0.1) is 5.56 Å². The second-order valence-electron chi connectivity index (χ2n) is 4.58. The fraction of sp³-hybridized carbons (Fsp3) is 0.385. The van der Waals surface area contributed by atoms with Gasteiger partial charge in [0.2, 0.25) is 0 Å². The number of carboxylic acids is 1. The van der Waals surface area contributed by atoms with Crippen molar-refractivity contribution in [3.8, 4) is 11.4 Å². The number of tetrazole rings is 1. The fourth-order valence-corrected chi connectivity index (χ4v) is 2.43. The Morgan fingerprint density at radius 3 is 2.67 bits per heavy atom. The topological polar surface area (TPSA) is 80.9 Å². The van der Waals surface area contributed by atoms with Crippen LogP contribution >= 0.6 is 11.6 Å². The summed E-state index contributed by atoms with van der Waals surface area (Å²) < 4.78 is 15.2. The Balaban J connectivity index is 2.67. The third-order valence-electron chi connectivity index (χ3n) is 3.61. The first kappa shape index (κ1) is 15.4. The van der Waals surface area contributed by atoms with Gasteiger partial charge in [-0.2, -0.15) is 0 Å². The van der Waals surface area contributed by atoms with E-state index in [1.54, 1.807) is 13.8 Å². The largest absolute Gasteiger partial charge is 0.479 e. The molecule has 8 heteroatoms. The number of hydrogen-bond acceptors (Lipinski definition) is 4. The Kier molecular flexibility index (Phi) is 4.22. The van der Waals surface area contributed by atoms with E-state index < -0.39 is 17.3 Å². The molecule has 0 saturated carbocycles. The average molecular weight is 313 g/mol. The summed E-state index contributed by atoms with van der Waals surface area (Å²) in [4.78, 5) is 11.7. The molecule has 0 amide bonds. The first-order valence-corrected chi connectivity index (χ1v) is 6.81. The molecule has 1 heterocycles. The van der Waals surface area contributed by atoms with Crippen LogP contribution in [0.2, 0.25) is 5.02 Å². The van der Waals surface area contributed by atoms with Crippen LogP contribution in [0.5, 0.6) is 0 Å². The average Bonchev–Trinajstić information content (AvgIpc) is 2.93. The Hall–Kier alpha value is -2.02. The minimum absolute atomic E-state index is 0.0427. The molecular formula is C13H14ClFN4O2. The fourth-order valence-electron chi connectivity index (χ4n) is 2.25. The van der Waals surface area contributed by atoms with Crippen LogP contribution in [0.4, 0.5) is 4.39 Å². The molecule has 0 atom stereocenters. The lowest BCUT2D eigenvalue weighted by molar-refractivity contribution is -0.148. The summed E-state index contributed by atoms with van der Waals surface area (Å²) in [5.74, 6) is -1.59. The van der Waals surface area contributed by atoms with Gasteiger partial charge in [0.25, 0.3) is 0 Å². The zero-order valence-electron chi connectivity index (χ0n) is 11.5. The van der Waals surface area contributed by atoms with Gasteiger partial charge in [-0.15, -0.1) is 5.10 Å². The highest BCUT2D eigenvalue weighted by molar-refractivity contribution is 6.30. The van der Waals surface area contributed by atoms with Gasteiger partial charge < -0.3 is 5.11 Å². The monoisotopic (exact) mass is 312 g/mol. The molecule has 2 rings (SSSR count). The van der Waals surface area contributed by atoms with Crippen molar-refractivity contribution in [2.45, 2.75) is 32.2 Å². The first-order chi connectivity index (χ1) is 9.96. The van der Waals surface area contributed by atoms with Crippen molar-refractivity contribution in [2.24, 2.45) is 0 Å². The Morgan fingerprint density at radius 2 is 2.10 bits per heavy atom. The van der Waals surface area contributed by atoms with Crippen LogP contribution in [0.1, 0.15) is 26.7 Å². The van der Waals surface area contributed by atoms with Crippen molar-refractivity contribution in [1.82, 2.24) is 20.2 Å². The predicted octanol–water partition coefficient (Wildman–Crippen LogP) is 2.73. The number of aliphatic carboxylic acids is 1. The molecule has 6 nitrogen and oxygen atoms in total. The van der Waals surface area contributed by atoms with Crippen molar-refractivity contribution < 1.29 is 14.3 Å². The van der Waals surface area contributed by atoms with Gasteiger partial charge in [0, 0.05) is 5.02 Å². The van der Waals surface area contributed by atoms with Gasteiger partial charge in [-0.1, -0.05) is 25.4 Å². The quantitative estimate of drug-likeness (QED) is 0.918. The van der Waals surface area contributed by atoms with Crippen LogP contribution in [0.15, 0.2) is 18.2 Å². The molecule has 0 bridgehead atoms. The standard InChI is InChI=1S/C13H14ClFN4O2/c1-3-13(4-2,12(20)21)19-11(16-17-18-19)9-7-8(14)5-6-10(9)15/h5-7H,3-4H2,1-2H3,(H,20,21).